The molecule has 0 saturated heterocycles. The lowest BCUT2D eigenvalue weighted by atomic mass is 10.2. The number of rotatable bonds is 7. The van der Waals surface area contributed by atoms with E-state index >= 15 is 0 Å². The van der Waals surface area contributed by atoms with E-state index in [4.69, 9.17) is 0 Å². The highest BCUT2D eigenvalue weighted by atomic mass is 19.2. The van der Waals surface area contributed by atoms with Crippen LogP contribution in [0.2, 0.25) is 0 Å². The highest BCUT2D eigenvalue weighted by molar-refractivity contribution is 6.03. The van der Waals surface area contributed by atoms with Gasteiger partial charge in [-0.1, -0.05) is 13.8 Å². The molecule has 0 spiro atoms. The monoisotopic (exact) mass is 333 g/mol. The first-order valence-electron chi connectivity index (χ1n) is 8.02. The maximum Gasteiger partial charge on any atom is 0.256 e. The van der Waals surface area contributed by atoms with Gasteiger partial charge in [-0.3, -0.25) is 4.79 Å². The first-order valence-corrected chi connectivity index (χ1v) is 8.02. The van der Waals surface area contributed by atoms with Crippen molar-refractivity contribution in [3.63, 3.8) is 0 Å². The van der Waals surface area contributed by atoms with Crippen LogP contribution in [0.3, 0.4) is 0 Å². The van der Waals surface area contributed by atoms with Crippen LogP contribution in [0.4, 0.5) is 20.3 Å². The second-order valence-corrected chi connectivity index (χ2v) is 5.47. The molecule has 2 aromatic rings. The molecule has 0 saturated carbocycles. The number of carbonyl (C=O) groups excluding carboxylic acids is 1. The molecule has 4 nitrogen and oxygen atoms in total. The molecule has 128 valence electrons. The molecule has 6 heteroatoms. The van der Waals surface area contributed by atoms with Crippen molar-refractivity contribution in [2.45, 2.75) is 26.7 Å². The third-order valence-electron chi connectivity index (χ3n) is 3.52. The van der Waals surface area contributed by atoms with Crippen molar-refractivity contribution >= 4 is 17.4 Å². The summed E-state index contributed by atoms with van der Waals surface area (Å²) in [5.74, 6) is -2.21. The Morgan fingerprint density at radius 2 is 1.79 bits per heavy atom. The van der Waals surface area contributed by atoms with Crippen molar-refractivity contribution in [1.29, 1.82) is 0 Å². The summed E-state index contributed by atoms with van der Waals surface area (Å²) in [5, 5.41) is 2.58. The third kappa shape index (κ3) is 4.50. The van der Waals surface area contributed by atoms with Gasteiger partial charge >= 0.3 is 0 Å². The van der Waals surface area contributed by atoms with E-state index in [9.17, 15) is 13.6 Å². The molecule has 0 atom stereocenters. The van der Waals surface area contributed by atoms with Crippen LogP contribution in [-0.2, 0) is 0 Å². The summed E-state index contributed by atoms with van der Waals surface area (Å²) in [6.07, 6.45) is 3.77. The van der Waals surface area contributed by atoms with Crippen LogP contribution in [0.25, 0.3) is 0 Å². The molecule has 1 aromatic heterocycles. The Balaban J connectivity index is 2.07. The van der Waals surface area contributed by atoms with Crippen molar-refractivity contribution in [3.8, 4) is 0 Å². The number of hydrogen-bond acceptors (Lipinski definition) is 3. The quantitative estimate of drug-likeness (QED) is 0.824. The van der Waals surface area contributed by atoms with Gasteiger partial charge in [0, 0.05) is 18.7 Å². The van der Waals surface area contributed by atoms with Crippen LogP contribution in [0.15, 0.2) is 36.5 Å². The summed E-state index contributed by atoms with van der Waals surface area (Å²) in [5.41, 5.74) is 1.03. The van der Waals surface area contributed by atoms with Crippen LogP contribution < -0.4 is 10.2 Å². The molecule has 1 aromatic carbocycles. The fourth-order valence-electron chi connectivity index (χ4n) is 2.38. The number of aromatic nitrogens is 1. The minimum Gasteiger partial charge on any atom is -0.370 e. The van der Waals surface area contributed by atoms with Gasteiger partial charge in [-0.25, -0.2) is 13.8 Å². The molecule has 0 aliphatic rings. The second-order valence-electron chi connectivity index (χ2n) is 5.47. The van der Waals surface area contributed by atoms with Crippen LogP contribution in [0.5, 0.6) is 0 Å². The molecule has 0 bridgehead atoms. The van der Waals surface area contributed by atoms with Gasteiger partial charge in [0.1, 0.15) is 5.82 Å². The number of hydrogen-bond donors (Lipinski definition) is 1. The number of carbonyl (C=O) groups is 1. The zero-order chi connectivity index (χ0) is 17.5. The van der Waals surface area contributed by atoms with Crippen molar-refractivity contribution in [1.82, 2.24) is 4.98 Å². The number of halogens is 2. The molecule has 0 unspecified atom stereocenters. The molecule has 1 heterocycles. The summed E-state index contributed by atoms with van der Waals surface area (Å²) in [6.45, 7) is 6.12. The zero-order valence-corrected chi connectivity index (χ0v) is 13.9. The molecular weight excluding hydrogens is 312 g/mol. The van der Waals surface area contributed by atoms with Crippen molar-refractivity contribution in [2.24, 2.45) is 0 Å². The fourth-order valence-corrected chi connectivity index (χ4v) is 2.38. The Morgan fingerprint density at radius 3 is 2.33 bits per heavy atom. The van der Waals surface area contributed by atoms with Crippen molar-refractivity contribution < 1.29 is 13.6 Å². The van der Waals surface area contributed by atoms with E-state index in [0.717, 1.165) is 43.8 Å². The first kappa shape index (κ1) is 17.8. The van der Waals surface area contributed by atoms with Crippen LogP contribution in [0.1, 0.15) is 37.0 Å². The smallest absolute Gasteiger partial charge is 0.256 e. The fraction of sp³-hybridized carbons (Fsp3) is 0.333. The number of amides is 1. The predicted molar refractivity (Wildman–Crippen MR) is 91.3 cm³/mol. The number of nitrogens with one attached hydrogen (secondary N) is 1. The molecule has 2 rings (SSSR count). The molecule has 0 fully saturated rings. The van der Waals surface area contributed by atoms with E-state index < -0.39 is 17.5 Å². The first-order chi connectivity index (χ1) is 11.5. The van der Waals surface area contributed by atoms with Gasteiger partial charge in [-0.05, 0) is 43.2 Å². The molecule has 1 amide bonds. The van der Waals surface area contributed by atoms with Gasteiger partial charge in [0.15, 0.2) is 11.6 Å². The van der Waals surface area contributed by atoms with Gasteiger partial charge < -0.3 is 10.2 Å². The highest BCUT2D eigenvalue weighted by Crippen LogP contribution is 2.17. The molecule has 0 aliphatic carbocycles. The van der Waals surface area contributed by atoms with E-state index in [1.165, 1.54) is 6.07 Å². The summed E-state index contributed by atoms with van der Waals surface area (Å²) >= 11 is 0. The summed E-state index contributed by atoms with van der Waals surface area (Å²) in [7, 11) is 0. The molecule has 0 aliphatic heterocycles. The Labute approximate surface area is 140 Å². The number of benzene rings is 1. The second kappa shape index (κ2) is 8.38. The Bertz CT molecular complexity index is 683. The summed E-state index contributed by atoms with van der Waals surface area (Å²) in [6, 6.07) is 6.61. The van der Waals surface area contributed by atoms with Crippen molar-refractivity contribution in [3.05, 3.63) is 53.7 Å². The molecule has 1 N–H and O–H groups in total. The Kier molecular flexibility index (Phi) is 6.23. The lowest BCUT2D eigenvalue weighted by Gasteiger charge is -2.23. The van der Waals surface area contributed by atoms with Crippen LogP contribution in [0, 0.1) is 11.6 Å². The van der Waals surface area contributed by atoms with E-state index in [1.807, 2.05) is 6.07 Å². The molecule has 0 radical (unpaired) electrons. The van der Waals surface area contributed by atoms with Crippen LogP contribution >= 0.6 is 0 Å². The van der Waals surface area contributed by atoms with Gasteiger partial charge in [-0.2, -0.15) is 0 Å². The maximum atomic E-state index is 13.2. The van der Waals surface area contributed by atoms with Crippen molar-refractivity contribution in [2.75, 3.05) is 23.3 Å². The lowest BCUT2D eigenvalue weighted by molar-refractivity contribution is 0.102. The summed E-state index contributed by atoms with van der Waals surface area (Å²) in [4.78, 5) is 18.5. The van der Waals surface area contributed by atoms with Gasteiger partial charge in [-0.15, -0.1) is 0 Å². The average molecular weight is 333 g/mol. The number of pyridine rings is 1. The minimum absolute atomic E-state index is 0.0402. The molecular formula is C18H21F2N3O. The van der Waals surface area contributed by atoms with Gasteiger partial charge in [0.2, 0.25) is 0 Å². The summed E-state index contributed by atoms with van der Waals surface area (Å²) < 4.78 is 26.1. The van der Waals surface area contributed by atoms with Gasteiger partial charge in [0.25, 0.3) is 5.91 Å². The topological polar surface area (TPSA) is 45.2 Å². The van der Waals surface area contributed by atoms with E-state index in [-0.39, 0.29) is 5.56 Å². The van der Waals surface area contributed by atoms with E-state index in [0.29, 0.717) is 5.82 Å². The normalized spacial score (nSPS) is 10.5. The maximum absolute atomic E-state index is 13.2. The van der Waals surface area contributed by atoms with E-state index in [2.05, 4.69) is 29.0 Å². The minimum atomic E-state index is -1.05. The highest BCUT2D eigenvalue weighted by Gasteiger charge is 2.11. The zero-order valence-electron chi connectivity index (χ0n) is 13.9. The third-order valence-corrected chi connectivity index (χ3v) is 3.52. The number of anilines is 2. The largest absolute Gasteiger partial charge is 0.370 e. The standard InChI is InChI=1S/C18H21F2N3O/c1-3-9-23(10-4-2)14-6-8-17(21-12-14)22-18(24)13-5-7-15(19)16(20)11-13/h5-8,11-12H,3-4,9-10H2,1-2H3,(H,21,22,24). The lowest BCUT2D eigenvalue weighted by Crippen LogP contribution is -2.25. The van der Waals surface area contributed by atoms with Gasteiger partial charge in [0.05, 0.1) is 11.9 Å². The van der Waals surface area contributed by atoms with Crippen LogP contribution in [-0.4, -0.2) is 24.0 Å². The predicted octanol–water partition coefficient (Wildman–Crippen LogP) is 4.24. The number of nitrogens with zero attached hydrogens (tertiary/aromatic N) is 2. The molecule has 24 heavy (non-hydrogen) atoms. The average Bonchev–Trinajstić information content (AvgIpc) is 2.58. The Morgan fingerprint density at radius 1 is 1.08 bits per heavy atom. The SMILES string of the molecule is CCCN(CCC)c1ccc(NC(=O)c2ccc(F)c(F)c2)nc1. The Hall–Kier alpha value is -2.50. The van der Waals surface area contributed by atoms with E-state index in [1.54, 1.807) is 12.3 Å².